The average molecular weight is 482 g/mol. The second-order valence-corrected chi connectivity index (χ2v) is 8.87. The number of carbonyl (C=O) groups excluding carboxylic acids is 2. The van der Waals surface area contributed by atoms with E-state index in [4.69, 9.17) is 9.84 Å². The molecular formula is C12H11BiF2O5. The summed E-state index contributed by atoms with van der Waals surface area (Å²) < 4.78 is 36.0. The van der Waals surface area contributed by atoms with E-state index >= 15 is 0 Å². The van der Waals surface area contributed by atoms with Crippen molar-refractivity contribution in [2.75, 3.05) is 6.61 Å². The number of carbonyl (C=O) groups is 2. The molecular weight excluding hydrogens is 471 g/mol. The molecule has 2 atom stereocenters. The van der Waals surface area contributed by atoms with Crippen LogP contribution in [-0.2, 0) is 14.3 Å². The Bertz CT molecular complexity index is 508. The third-order valence-electron chi connectivity index (χ3n) is 2.66. The molecule has 108 valence electrons. The number of hydrogen-bond donors (Lipinski definition) is 1. The minimum absolute atomic E-state index is 0.724. The van der Waals surface area contributed by atoms with Crippen LogP contribution in [0.1, 0.15) is 0 Å². The van der Waals surface area contributed by atoms with Crippen LogP contribution in [0.5, 0.6) is 0 Å². The molecule has 0 aliphatic carbocycles. The summed E-state index contributed by atoms with van der Waals surface area (Å²) in [6.07, 6.45) is -3.57. The molecule has 1 unspecified atom stereocenters. The minimum atomic E-state index is -3.91. The molecule has 0 radical (unpaired) electrons. The van der Waals surface area contributed by atoms with E-state index in [9.17, 15) is 18.4 Å². The molecule has 1 aromatic rings. The molecule has 1 aromatic carbocycles. The van der Waals surface area contributed by atoms with Crippen LogP contribution >= 0.6 is 0 Å². The van der Waals surface area contributed by atoms with E-state index in [1.54, 1.807) is 30.3 Å². The van der Waals surface area contributed by atoms with Crippen LogP contribution in [0, 0.1) is 0 Å². The molecule has 0 saturated carbocycles. The molecule has 0 aromatic heterocycles. The first-order valence-electron chi connectivity index (χ1n) is 5.67. The Morgan fingerprint density at radius 1 is 1.40 bits per heavy atom. The van der Waals surface area contributed by atoms with Gasteiger partial charge < -0.3 is 0 Å². The van der Waals surface area contributed by atoms with Crippen LogP contribution in [0.2, 0.25) is 0 Å². The first kappa shape index (κ1) is 15.3. The summed E-state index contributed by atoms with van der Waals surface area (Å²) in [7, 11) is 0. The van der Waals surface area contributed by atoms with Gasteiger partial charge in [0.25, 0.3) is 0 Å². The number of aliphatic hydroxyl groups is 1. The third kappa shape index (κ3) is 3.12. The monoisotopic (exact) mass is 482 g/mol. The number of halogens is 2. The second kappa shape index (κ2) is 6.10. The summed E-state index contributed by atoms with van der Waals surface area (Å²) in [6.45, 7) is -0.821. The zero-order valence-electron chi connectivity index (χ0n) is 10.1. The van der Waals surface area contributed by atoms with Crippen molar-refractivity contribution in [1.29, 1.82) is 0 Å². The van der Waals surface area contributed by atoms with Gasteiger partial charge in [-0.2, -0.15) is 0 Å². The number of rotatable bonds is 4. The van der Waals surface area contributed by atoms with Crippen molar-refractivity contribution in [3.05, 3.63) is 30.3 Å². The van der Waals surface area contributed by atoms with E-state index in [0.717, 1.165) is 3.27 Å². The van der Waals surface area contributed by atoms with Crippen LogP contribution in [0.15, 0.2) is 30.3 Å². The molecule has 1 saturated heterocycles. The van der Waals surface area contributed by atoms with E-state index in [0.29, 0.717) is 0 Å². The molecule has 2 rings (SSSR count). The number of aliphatic hydroxyl groups excluding tert-OH is 1. The van der Waals surface area contributed by atoms with Crippen LogP contribution < -0.4 is 3.27 Å². The van der Waals surface area contributed by atoms with Gasteiger partial charge in [0.2, 0.25) is 0 Å². The van der Waals surface area contributed by atoms with Crippen molar-refractivity contribution in [2.24, 2.45) is 0 Å². The molecule has 1 aliphatic heterocycles. The standard InChI is InChI=1S/C6H5F2O5.C6H5.Bi.H/c7-6(8)4(12-2-10)3(1-9)13-5(6)11;1-2-4-6-5-3-1;;/h3-4,9H,1H2;1-5H;;/t3-,4?;;;/m1.../s1. The van der Waals surface area contributed by atoms with Crippen molar-refractivity contribution in [3.63, 3.8) is 0 Å². The zero-order valence-corrected chi connectivity index (χ0v) is 14.0. The summed E-state index contributed by atoms with van der Waals surface area (Å²) in [5.41, 5.74) is 0. The summed E-state index contributed by atoms with van der Waals surface area (Å²) in [5, 5.41) is 8.90. The Hall–Kier alpha value is -1.14. The SMILES string of the molecule is O=[C](OC1[C@@H](CO)OC(=O)C1(F)F)[BiH][c]1ccccc1. The Morgan fingerprint density at radius 3 is 2.65 bits per heavy atom. The van der Waals surface area contributed by atoms with Gasteiger partial charge in [-0.05, 0) is 0 Å². The Morgan fingerprint density at radius 2 is 2.05 bits per heavy atom. The Kier molecular flexibility index (Phi) is 4.65. The van der Waals surface area contributed by atoms with Crippen LogP contribution in [0.4, 0.5) is 13.6 Å². The van der Waals surface area contributed by atoms with E-state index < -0.39 is 57.6 Å². The van der Waals surface area contributed by atoms with Gasteiger partial charge in [0.05, 0.1) is 0 Å². The van der Waals surface area contributed by atoms with Gasteiger partial charge in [-0.15, -0.1) is 0 Å². The zero-order chi connectivity index (χ0) is 14.8. The molecule has 8 heteroatoms. The van der Waals surface area contributed by atoms with E-state index in [2.05, 4.69) is 4.74 Å². The molecule has 1 fully saturated rings. The van der Waals surface area contributed by atoms with Gasteiger partial charge >= 0.3 is 124 Å². The fourth-order valence-corrected chi connectivity index (χ4v) is 4.73. The maximum atomic E-state index is 13.5. The quantitative estimate of drug-likeness (QED) is 0.476. The second-order valence-electron chi connectivity index (χ2n) is 4.07. The van der Waals surface area contributed by atoms with Gasteiger partial charge in [0.1, 0.15) is 0 Å². The predicted molar refractivity (Wildman–Crippen MR) is 65.4 cm³/mol. The Balaban J connectivity index is 2.04. The topological polar surface area (TPSA) is 72.8 Å². The van der Waals surface area contributed by atoms with Gasteiger partial charge in [0.15, 0.2) is 0 Å². The number of esters is 1. The van der Waals surface area contributed by atoms with Crippen molar-refractivity contribution < 1.29 is 33.0 Å². The third-order valence-corrected chi connectivity index (χ3v) is 6.33. The fraction of sp³-hybridized carbons (Fsp3) is 0.333. The maximum absolute atomic E-state index is 13.5. The summed E-state index contributed by atoms with van der Waals surface area (Å²) >= 11 is -2.10. The molecule has 1 N–H and O–H groups in total. The first-order chi connectivity index (χ1) is 9.45. The normalized spacial score (nSPS) is 24.2. The number of alkyl halides is 2. The van der Waals surface area contributed by atoms with Crippen LogP contribution in [-0.4, -0.2) is 62.7 Å². The predicted octanol–water partition coefficient (Wildman–Crippen LogP) is -0.193. The number of hydrogen-bond acceptors (Lipinski definition) is 5. The fourth-order valence-electron chi connectivity index (χ4n) is 1.69. The van der Waals surface area contributed by atoms with Gasteiger partial charge in [-0.25, -0.2) is 0 Å². The van der Waals surface area contributed by atoms with E-state index in [-0.39, 0.29) is 0 Å². The van der Waals surface area contributed by atoms with Gasteiger partial charge in [-0.3, -0.25) is 0 Å². The summed E-state index contributed by atoms with van der Waals surface area (Å²) in [5.74, 6) is -5.69. The number of benzene rings is 1. The van der Waals surface area contributed by atoms with Crippen LogP contribution in [0.3, 0.4) is 0 Å². The molecule has 5 nitrogen and oxygen atoms in total. The van der Waals surface area contributed by atoms with E-state index in [1.807, 2.05) is 0 Å². The Labute approximate surface area is 124 Å². The molecule has 1 heterocycles. The molecule has 0 amide bonds. The van der Waals surface area contributed by atoms with E-state index in [1.165, 1.54) is 0 Å². The van der Waals surface area contributed by atoms with Crippen molar-refractivity contribution in [2.45, 2.75) is 18.1 Å². The summed E-state index contributed by atoms with van der Waals surface area (Å²) in [4.78, 5) is 22.7. The first-order valence-corrected chi connectivity index (χ1v) is 9.56. The molecule has 20 heavy (non-hydrogen) atoms. The van der Waals surface area contributed by atoms with Gasteiger partial charge in [-0.1, -0.05) is 0 Å². The van der Waals surface area contributed by atoms with Crippen LogP contribution in [0.25, 0.3) is 0 Å². The average Bonchev–Trinajstić information content (AvgIpc) is 2.63. The molecule has 0 bridgehead atoms. The van der Waals surface area contributed by atoms with Crippen molar-refractivity contribution in [3.8, 4) is 0 Å². The molecule has 0 spiro atoms. The number of cyclic esters (lactones) is 1. The molecule has 1 aliphatic rings. The van der Waals surface area contributed by atoms with Crippen molar-refractivity contribution >= 4 is 36.2 Å². The van der Waals surface area contributed by atoms with Crippen molar-refractivity contribution in [1.82, 2.24) is 0 Å². The van der Waals surface area contributed by atoms with Gasteiger partial charge in [0, 0.05) is 0 Å². The summed E-state index contributed by atoms with van der Waals surface area (Å²) in [6, 6.07) is 8.70. The number of ether oxygens (including phenoxy) is 2.